The van der Waals surface area contributed by atoms with Gasteiger partial charge in [-0.25, -0.2) is 0 Å². The van der Waals surface area contributed by atoms with Crippen LogP contribution in [-0.2, 0) is 0 Å². The van der Waals surface area contributed by atoms with Crippen LogP contribution in [0.4, 0.5) is 0 Å². The number of aromatic nitrogens is 2. The predicted octanol–water partition coefficient (Wildman–Crippen LogP) is 0.853. The second-order valence-corrected chi connectivity index (χ2v) is 4.94. The summed E-state index contributed by atoms with van der Waals surface area (Å²) in [4.78, 5) is 0. The van der Waals surface area contributed by atoms with Gasteiger partial charge in [-0.2, -0.15) is 5.10 Å². The van der Waals surface area contributed by atoms with Crippen molar-refractivity contribution >= 4 is 22.6 Å². The zero-order chi connectivity index (χ0) is 10.3. The molecule has 2 rings (SSSR count). The maximum atomic E-state index is 9.43. The highest BCUT2D eigenvalue weighted by Gasteiger charge is 2.33. The van der Waals surface area contributed by atoms with Crippen LogP contribution in [0.5, 0.6) is 0 Å². The first-order valence-electron chi connectivity index (χ1n) is 4.65. The van der Waals surface area contributed by atoms with Gasteiger partial charge in [0.2, 0.25) is 0 Å². The maximum absolute atomic E-state index is 9.43. The van der Waals surface area contributed by atoms with Gasteiger partial charge < -0.3 is 10.2 Å². The molecule has 0 amide bonds. The molecule has 1 saturated carbocycles. The number of aliphatic hydroxyl groups is 2. The molecule has 0 spiro atoms. The smallest absolute Gasteiger partial charge is 0.0820 e. The molecule has 0 saturated heterocycles. The monoisotopic (exact) mass is 308 g/mol. The van der Waals surface area contributed by atoms with E-state index >= 15 is 0 Å². The molecule has 1 aromatic rings. The predicted molar refractivity (Wildman–Crippen MR) is 60.0 cm³/mol. The Hall–Kier alpha value is -0.140. The Morgan fingerprint density at radius 3 is 2.43 bits per heavy atom. The molecule has 1 aliphatic carbocycles. The molecule has 1 unspecified atom stereocenters. The Morgan fingerprint density at radius 1 is 1.43 bits per heavy atom. The molecule has 0 bridgehead atoms. The van der Waals surface area contributed by atoms with Crippen molar-refractivity contribution in [2.75, 3.05) is 0 Å². The summed E-state index contributed by atoms with van der Waals surface area (Å²) in [6.45, 7) is 2.01. The largest absolute Gasteiger partial charge is 0.390 e. The Balaban J connectivity index is 2.21. The van der Waals surface area contributed by atoms with Gasteiger partial charge in [0, 0.05) is 5.69 Å². The van der Waals surface area contributed by atoms with Crippen molar-refractivity contribution in [2.24, 2.45) is 0 Å². The molecule has 0 aliphatic heterocycles. The molecule has 2 N–H and O–H groups in total. The summed E-state index contributed by atoms with van der Waals surface area (Å²) < 4.78 is 3.03. The molecule has 1 aromatic heterocycles. The highest BCUT2D eigenvalue weighted by Crippen LogP contribution is 2.31. The summed E-state index contributed by atoms with van der Waals surface area (Å²) in [6, 6.07) is 0.142. The zero-order valence-corrected chi connectivity index (χ0v) is 10.0. The van der Waals surface area contributed by atoms with Crippen molar-refractivity contribution in [3.63, 3.8) is 0 Å². The minimum absolute atomic E-state index is 0.142. The van der Waals surface area contributed by atoms with Gasteiger partial charge in [-0.05, 0) is 42.4 Å². The van der Waals surface area contributed by atoms with E-state index in [0.29, 0.717) is 12.8 Å². The van der Waals surface area contributed by atoms with Crippen LogP contribution in [0, 0.1) is 10.5 Å². The van der Waals surface area contributed by atoms with Crippen LogP contribution in [0.25, 0.3) is 0 Å². The van der Waals surface area contributed by atoms with E-state index < -0.39 is 12.2 Å². The van der Waals surface area contributed by atoms with Gasteiger partial charge >= 0.3 is 0 Å². The molecule has 3 atom stereocenters. The number of halogens is 1. The van der Waals surface area contributed by atoms with E-state index in [2.05, 4.69) is 27.7 Å². The molecule has 5 heteroatoms. The van der Waals surface area contributed by atoms with Gasteiger partial charge in [-0.3, -0.25) is 4.68 Å². The summed E-state index contributed by atoms with van der Waals surface area (Å²) in [5.41, 5.74) is 1.11. The van der Waals surface area contributed by atoms with Crippen LogP contribution in [0.1, 0.15) is 24.6 Å². The molecule has 1 aliphatic rings. The Morgan fingerprint density at radius 2 is 2.00 bits per heavy atom. The minimum Gasteiger partial charge on any atom is -0.390 e. The van der Waals surface area contributed by atoms with E-state index in [0.717, 1.165) is 9.26 Å². The van der Waals surface area contributed by atoms with E-state index in [-0.39, 0.29) is 6.04 Å². The highest BCUT2D eigenvalue weighted by molar-refractivity contribution is 14.1. The van der Waals surface area contributed by atoms with E-state index in [9.17, 15) is 10.2 Å². The summed E-state index contributed by atoms with van der Waals surface area (Å²) in [7, 11) is 0. The number of nitrogens with zero attached hydrogens (tertiary/aromatic N) is 2. The van der Waals surface area contributed by atoms with Gasteiger partial charge in [0.1, 0.15) is 0 Å². The number of aliphatic hydroxyl groups excluding tert-OH is 2. The van der Waals surface area contributed by atoms with Crippen LogP contribution in [0.15, 0.2) is 6.20 Å². The lowest BCUT2D eigenvalue weighted by Crippen LogP contribution is -2.17. The van der Waals surface area contributed by atoms with Gasteiger partial charge in [0.05, 0.1) is 28.0 Å². The second kappa shape index (κ2) is 3.79. The molecular weight excluding hydrogens is 295 g/mol. The first-order chi connectivity index (χ1) is 6.59. The highest BCUT2D eigenvalue weighted by atomic mass is 127. The topological polar surface area (TPSA) is 58.3 Å². The lowest BCUT2D eigenvalue weighted by molar-refractivity contribution is 0.0438. The van der Waals surface area contributed by atoms with Crippen LogP contribution < -0.4 is 0 Å². The average molecular weight is 308 g/mol. The number of rotatable bonds is 1. The second-order valence-electron chi connectivity index (χ2n) is 3.78. The third kappa shape index (κ3) is 1.68. The molecule has 78 valence electrons. The maximum Gasteiger partial charge on any atom is 0.0820 e. The van der Waals surface area contributed by atoms with Crippen LogP contribution >= 0.6 is 22.6 Å². The fraction of sp³-hybridized carbons (Fsp3) is 0.667. The summed E-state index contributed by atoms with van der Waals surface area (Å²) in [6.07, 6.45) is 1.81. The standard InChI is InChI=1S/C9H13IN2O2/c1-5-7(10)4-11-12(5)6-2-8(13)9(14)3-6/h4,6,8-9,13-14H,2-3H2,1H3/t6?,8-,9+. The average Bonchev–Trinajstić information content (AvgIpc) is 2.61. The third-order valence-corrected chi connectivity index (χ3v) is 3.86. The quantitative estimate of drug-likeness (QED) is 0.756. The van der Waals surface area contributed by atoms with Crippen molar-refractivity contribution in [1.29, 1.82) is 0 Å². The lowest BCUT2D eigenvalue weighted by Gasteiger charge is -2.11. The van der Waals surface area contributed by atoms with Crippen LogP contribution in [0.2, 0.25) is 0 Å². The van der Waals surface area contributed by atoms with Gasteiger partial charge in [-0.15, -0.1) is 0 Å². The van der Waals surface area contributed by atoms with Gasteiger partial charge in [0.25, 0.3) is 0 Å². The molecule has 1 heterocycles. The van der Waals surface area contributed by atoms with Crippen molar-refractivity contribution < 1.29 is 10.2 Å². The minimum atomic E-state index is -0.596. The van der Waals surface area contributed by atoms with Crippen molar-refractivity contribution in [1.82, 2.24) is 9.78 Å². The fourth-order valence-electron chi connectivity index (χ4n) is 1.94. The normalized spacial score (nSPS) is 32.4. The van der Waals surface area contributed by atoms with Crippen molar-refractivity contribution in [3.05, 3.63) is 15.5 Å². The summed E-state index contributed by atoms with van der Waals surface area (Å²) in [5.74, 6) is 0. The molecule has 4 nitrogen and oxygen atoms in total. The van der Waals surface area contributed by atoms with Crippen molar-refractivity contribution in [3.8, 4) is 0 Å². The van der Waals surface area contributed by atoms with E-state index in [1.54, 1.807) is 0 Å². The lowest BCUT2D eigenvalue weighted by atomic mass is 10.2. The SMILES string of the molecule is Cc1c(I)cnn1C1C[C@@H](O)[C@@H](O)C1. The van der Waals surface area contributed by atoms with Gasteiger partial charge in [-0.1, -0.05) is 0 Å². The first kappa shape index (κ1) is 10.4. The van der Waals surface area contributed by atoms with E-state index in [1.165, 1.54) is 0 Å². The molecule has 1 fully saturated rings. The molecule has 0 radical (unpaired) electrons. The molecule has 0 aromatic carbocycles. The van der Waals surface area contributed by atoms with Crippen molar-refractivity contribution in [2.45, 2.75) is 38.0 Å². The fourth-order valence-corrected chi connectivity index (χ4v) is 2.31. The number of hydrogen-bond acceptors (Lipinski definition) is 3. The van der Waals surface area contributed by atoms with Gasteiger partial charge in [0.15, 0.2) is 0 Å². The summed E-state index contributed by atoms with van der Waals surface area (Å²) in [5, 5.41) is 23.1. The zero-order valence-electron chi connectivity index (χ0n) is 7.89. The van der Waals surface area contributed by atoms with Crippen LogP contribution in [-0.4, -0.2) is 32.2 Å². The Labute approximate surface area is 96.1 Å². The van der Waals surface area contributed by atoms with Crippen LogP contribution in [0.3, 0.4) is 0 Å². The Kier molecular flexibility index (Phi) is 2.81. The summed E-state index contributed by atoms with van der Waals surface area (Å²) >= 11 is 2.23. The van der Waals surface area contributed by atoms with E-state index in [4.69, 9.17) is 0 Å². The molecule has 14 heavy (non-hydrogen) atoms. The number of hydrogen-bond donors (Lipinski definition) is 2. The first-order valence-corrected chi connectivity index (χ1v) is 5.73. The van der Waals surface area contributed by atoms with E-state index in [1.807, 2.05) is 17.8 Å². The third-order valence-electron chi connectivity index (χ3n) is 2.80. The Bertz CT molecular complexity index is 330. The molecular formula is C9H13IN2O2.